The molecule has 0 radical (unpaired) electrons. The number of likely N-dealkylation sites (tertiary alicyclic amines) is 1. The molecular formula is C14H31N3O. The van der Waals surface area contributed by atoms with E-state index in [0.29, 0.717) is 0 Å². The van der Waals surface area contributed by atoms with E-state index in [-0.39, 0.29) is 12.1 Å². The van der Waals surface area contributed by atoms with Crippen LogP contribution in [0.4, 0.5) is 0 Å². The zero-order chi connectivity index (χ0) is 13.6. The minimum absolute atomic E-state index is 0.125. The highest BCUT2D eigenvalue weighted by atomic mass is 16.3. The standard InChI is InChI=1S/C14H31N3O/c1-14(12-18,15-2)7-10-17-8-5-13(6-9-17)11-16(3)4/h13,15,18H,5-12H2,1-4H3. The summed E-state index contributed by atoms with van der Waals surface area (Å²) >= 11 is 0. The van der Waals surface area contributed by atoms with Crippen molar-refractivity contribution in [2.75, 3.05) is 53.9 Å². The zero-order valence-electron chi connectivity index (χ0n) is 12.6. The molecule has 1 saturated heterocycles. The van der Waals surface area contributed by atoms with E-state index in [1.165, 1.54) is 32.5 Å². The second kappa shape index (κ2) is 7.43. The first-order valence-corrected chi connectivity index (χ1v) is 7.16. The Labute approximate surface area is 112 Å². The highest BCUT2D eigenvalue weighted by Crippen LogP contribution is 2.19. The Morgan fingerprint density at radius 2 is 1.94 bits per heavy atom. The van der Waals surface area contributed by atoms with Crippen molar-refractivity contribution in [3.8, 4) is 0 Å². The molecule has 1 atom stereocenters. The summed E-state index contributed by atoms with van der Waals surface area (Å²) in [4.78, 5) is 4.83. The molecule has 0 aromatic carbocycles. The highest BCUT2D eigenvalue weighted by Gasteiger charge is 2.24. The summed E-state index contributed by atoms with van der Waals surface area (Å²) < 4.78 is 0. The third-order valence-corrected chi connectivity index (χ3v) is 4.26. The molecule has 4 nitrogen and oxygen atoms in total. The normalized spacial score (nSPS) is 22.3. The maximum atomic E-state index is 9.37. The number of hydrogen-bond donors (Lipinski definition) is 2. The number of aliphatic hydroxyl groups is 1. The van der Waals surface area contributed by atoms with Gasteiger partial charge in [-0.2, -0.15) is 0 Å². The van der Waals surface area contributed by atoms with E-state index in [9.17, 15) is 5.11 Å². The van der Waals surface area contributed by atoms with Crippen molar-refractivity contribution in [1.82, 2.24) is 15.1 Å². The van der Waals surface area contributed by atoms with Gasteiger partial charge in [-0.15, -0.1) is 0 Å². The largest absolute Gasteiger partial charge is 0.394 e. The topological polar surface area (TPSA) is 38.7 Å². The van der Waals surface area contributed by atoms with E-state index >= 15 is 0 Å². The smallest absolute Gasteiger partial charge is 0.0610 e. The zero-order valence-corrected chi connectivity index (χ0v) is 12.6. The number of rotatable bonds is 7. The van der Waals surface area contributed by atoms with Crippen molar-refractivity contribution in [3.63, 3.8) is 0 Å². The van der Waals surface area contributed by atoms with E-state index in [0.717, 1.165) is 18.9 Å². The fraction of sp³-hybridized carbons (Fsp3) is 1.00. The number of aliphatic hydroxyl groups excluding tert-OH is 1. The molecule has 0 amide bonds. The number of nitrogens with zero attached hydrogens (tertiary/aromatic N) is 2. The molecule has 0 saturated carbocycles. The van der Waals surface area contributed by atoms with Crippen molar-refractivity contribution < 1.29 is 5.11 Å². The summed E-state index contributed by atoms with van der Waals surface area (Å²) in [7, 11) is 6.25. The van der Waals surface area contributed by atoms with Crippen LogP contribution in [0.15, 0.2) is 0 Å². The second-order valence-electron chi connectivity index (χ2n) is 6.27. The average molecular weight is 257 g/mol. The molecule has 1 rings (SSSR count). The van der Waals surface area contributed by atoms with Crippen molar-refractivity contribution in [1.29, 1.82) is 0 Å². The minimum atomic E-state index is -0.125. The summed E-state index contributed by atoms with van der Waals surface area (Å²) in [5.41, 5.74) is -0.125. The Bertz CT molecular complexity index is 221. The van der Waals surface area contributed by atoms with Crippen molar-refractivity contribution in [2.45, 2.75) is 31.7 Å². The van der Waals surface area contributed by atoms with Gasteiger partial charge in [-0.3, -0.25) is 0 Å². The van der Waals surface area contributed by atoms with Gasteiger partial charge in [0.25, 0.3) is 0 Å². The third kappa shape index (κ3) is 5.22. The summed E-state index contributed by atoms with van der Waals surface area (Å²) in [5, 5.41) is 12.6. The highest BCUT2D eigenvalue weighted by molar-refractivity contribution is 4.83. The average Bonchev–Trinajstić information content (AvgIpc) is 2.37. The molecule has 108 valence electrons. The van der Waals surface area contributed by atoms with Crippen LogP contribution < -0.4 is 5.32 Å². The molecule has 1 aliphatic rings. The first-order chi connectivity index (χ1) is 8.49. The molecule has 0 spiro atoms. The second-order valence-corrected chi connectivity index (χ2v) is 6.27. The molecule has 2 N–H and O–H groups in total. The van der Waals surface area contributed by atoms with E-state index < -0.39 is 0 Å². The van der Waals surface area contributed by atoms with Crippen LogP contribution in [0.2, 0.25) is 0 Å². The molecule has 0 aromatic heterocycles. The van der Waals surface area contributed by atoms with Gasteiger partial charge in [0.1, 0.15) is 0 Å². The number of piperidine rings is 1. The lowest BCUT2D eigenvalue weighted by Crippen LogP contribution is -2.47. The fourth-order valence-electron chi connectivity index (χ4n) is 2.60. The van der Waals surface area contributed by atoms with Gasteiger partial charge in [0.15, 0.2) is 0 Å². The Morgan fingerprint density at radius 3 is 2.39 bits per heavy atom. The van der Waals surface area contributed by atoms with Gasteiger partial charge in [-0.1, -0.05) is 0 Å². The Kier molecular flexibility index (Phi) is 6.57. The molecular weight excluding hydrogens is 226 g/mol. The van der Waals surface area contributed by atoms with Crippen LogP contribution in [0, 0.1) is 5.92 Å². The number of nitrogens with one attached hydrogen (secondary N) is 1. The molecule has 1 fully saturated rings. The van der Waals surface area contributed by atoms with Crippen LogP contribution in [-0.4, -0.2) is 74.4 Å². The summed E-state index contributed by atoms with van der Waals surface area (Å²) in [5.74, 6) is 0.866. The Balaban J connectivity index is 2.23. The number of hydrogen-bond acceptors (Lipinski definition) is 4. The molecule has 1 aliphatic heterocycles. The Morgan fingerprint density at radius 1 is 1.33 bits per heavy atom. The van der Waals surface area contributed by atoms with E-state index in [2.05, 4.69) is 36.1 Å². The van der Waals surface area contributed by atoms with Gasteiger partial charge in [-0.25, -0.2) is 0 Å². The lowest BCUT2D eigenvalue weighted by molar-refractivity contribution is 0.125. The lowest BCUT2D eigenvalue weighted by Gasteiger charge is -2.35. The van der Waals surface area contributed by atoms with Crippen molar-refractivity contribution in [3.05, 3.63) is 0 Å². The van der Waals surface area contributed by atoms with Crippen LogP contribution in [0.25, 0.3) is 0 Å². The van der Waals surface area contributed by atoms with Gasteiger partial charge >= 0.3 is 0 Å². The SMILES string of the molecule is CNC(C)(CO)CCN1CCC(CN(C)C)CC1. The van der Waals surface area contributed by atoms with Gasteiger partial charge in [0.05, 0.1) is 6.61 Å². The Hall–Kier alpha value is -0.160. The lowest BCUT2D eigenvalue weighted by atomic mass is 9.94. The maximum Gasteiger partial charge on any atom is 0.0610 e. The molecule has 0 bridgehead atoms. The summed E-state index contributed by atoms with van der Waals surface area (Å²) in [6.45, 7) is 7.03. The molecule has 4 heteroatoms. The quantitative estimate of drug-likeness (QED) is 0.701. The maximum absolute atomic E-state index is 9.37. The van der Waals surface area contributed by atoms with Gasteiger partial charge in [0, 0.05) is 12.1 Å². The van der Waals surface area contributed by atoms with Crippen molar-refractivity contribution in [2.24, 2.45) is 5.92 Å². The molecule has 0 aliphatic carbocycles. The third-order valence-electron chi connectivity index (χ3n) is 4.26. The van der Waals surface area contributed by atoms with Gasteiger partial charge in [0.2, 0.25) is 0 Å². The van der Waals surface area contributed by atoms with Crippen LogP contribution in [-0.2, 0) is 0 Å². The van der Waals surface area contributed by atoms with Crippen LogP contribution in [0.3, 0.4) is 0 Å². The summed E-state index contributed by atoms with van der Waals surface area (Å²) in [6.07, 6.45) is 3.64. The predicted molar refractivity (Wildman–Crippen MR) is 76.9 cm³/mol. The van der Waals surface area contributed by atoms with Gasteiger partial charge < -0.3 is 20.2 Å². The first-order valence-electron chi connectivity index (χ1n) is 7.16. The molecule has 1 heterocycles. The van der Waals surface area contributed by atoms with E-state index in [1.54, 1.807) is 0 Å². The monoisotopic (exact) mass is 257 g/mol. The summed E-state index contributed by atoms with van der Waals surface area (Å²) in [6, 6.07) is 0. The van der Waals surface area contributed by atoms with Gasteiger partial charge in [-0.05, 0) is 72.9 Å². The van der Waals surface area contributed by atoms with Crippen LogP contribution >= 0.6 is 0 Å². The molecule has 0 aromatic rings. The molecule has 18 heavy (non-hydrogen) atoms. The predicted octanol–water partition coefficient (Wildman–Crippen LogP) is 0.621. The van der Waals surface area contributed by atoms with Crippen LogP contribution in [0.1, 0.15) is 26.2 Å². The fourth-order valence-corrected chi connectivity index (χ4v) is 2.60. The number of likely N-dealkylation sites (N-methyl/N-ethyl adjacent to an activating group) is 1. The molecule has 1 unspecified atom stereocenters. The first kappa shape index (κ1) is 15.9. The van der Waals surface area contributed by atoms with E-state index in [1.807, 2.05) is 7.05 Å². The van der Waals surface area contributed by atoms with Crippen molar-refractivity contribution >= 4 is 0 Å². The van der Waals surface area contributed by atoms with E-state index in [4.69, 9.17) is 0 Å². The minimum Gasteiger partial charge on any atom is -0.394 e. The van der Waals surface area contributed by atoms with Crippen LogP contribution in [0.5, 0.6) is 0 Å².